The van der Waals surface area contributed by atoms with Crippen LogP contribution in [0, 0.1) is 6.92 Å². The van der Waals surface area contributed by atoms with Crippen molar-refractivity contribution < 1.29 is 19.2 Å². The van der Waals surface area contributed by atoms with E-state index in [9.17, 15) is 9.59 Å². The van der Waals surface area contributed by atoms with E-state index in [1.165, 1.54) is 11.8 Å². The van der Waals surface area contributed by atoms with Gasteiger partial charge in [-0.2, -0.15) is 0 Å². The highest BCUT2D eigenvalue weighted by atomic mass is 35.5. The SMILES string of the molecule is Cc1onc(-c2ccccc2Cl)c1C(=O)NCCSCC(=O)O. The van der Waals surface area contributed by atoms with E-state index < -0.39 is 5.97 Å². The van der Waals surface area contributed by atoms with Crippen LogP contribution in [-0.2, 0) is 4.79 Å². The van der Waals surface area contributed by atoms with Crippen LogP contribution in [0.15, 0.2) is 28.8 Å². The van der Waals surface area contributed by atoms with Crippen LogP contribution in [-0.4, -0.2) is 40.2 Å². The molecule has 0 aliphatic rings. The Morgan fingerprint density at radius 2 is 2.13 bits per heavy atom. The number of halogens is 1. The Balaban J connectivity index is 2.08. The monoisotopic (exact) mass is 354 g/mol. The Bertz CT molecular complexity index is 717. The van der Waals surface area contributed by atoms with E-state index in [4.69, 9.17) is 21.2 Å². The molecule has 0 saturated carbocycles. The van der Waals surface area contributed by atoms with Crippen LogP contribution in [0.3, 0.4) is 0 Å². The normalized spacial score (nSPS) is 10.5. The summed E-state index contributed by atoms with van der Waals surface area (Å²) < 4.78 is 5.13. The first-order chi connectivity index (χ1) is 11.0. The fraction of sp³-hybridized carbons (Fsp3) is 0.267. The van der Waals surface area contributed by atoms with Crippen LogP contribution in [0.4, 0.5) is 0 Å². The molecule has 1 aromatic carbocycles. The minimum absolute atomic E-state index is 0.00698. The molecule has 0 fully saturated rings. The second-order valence-electron chi connectivity index (χ2n) is 4.64. The van der Waals surface area contributed by atoms with E-state index in [1.807, 2.05) is 0 Å². The third-order valence-corrected chi connectivity index (χ3v) is 4.25. The number of hydrogen-bond acceptors (Lipinski definition) is 5. The zero-order chi connectivity index (χ0) is 16.8. The fourth-order valence-corrected chi connectivity index (χ4v) is 2.75. The van der Waals surface area contributed by atoms with E-state index in [0.29, 0.717) is 39.9 Å². The van der Waals surface area contributed by atoms with E-state index in [1.54, 1.807) is 31.2 Å². The highest BCUT2D eigenvalue weighted by Crippen LogP contribution is 2.30. The van der Waals surface area contributed by atoms with Crippen LogP contribution in [0.1, 0.15) is 16.1 Å². The predicted molar refractivity (Wildman–Crippen MR) is 89.0 cm³/mol. The van der Waals surface area contributed by atoms with E-state index in [0.717, 1.165) is 0 Å². The maximum atomic E-state index is 12.3. The van der Waals surface area contributed by atoms with Crippen molar-refractivity contribution in [2.24, 2.45) is 0 Å². The zero-order valence-corrected chi connectivity index (χ0v) is 13.9. The van der Waals surface area contributed by atoms with Crippen molar-refractivity contribution in [1.29, 1.82) is 0 Å². The number of amides is 1. The van der Waals surface area contributed by atoms with Crippen molar-refractivity contribution in [3.8, 4) is 11.3 Å². The number of carboxylic acid groups (broad SMARTS) is 1. The van der Waals surface area contributed by atoms with Crippen LogP contribution in [0.5, 0.6) is 0 Å². The lowest BCUT2D eigenvalue weighted by atomic mass is 10.1. The van der Waals surface area contributed by atoms with Gasteiger partial charge in [0.25, 0.3) is 5.91 Å². The average molecular weight is 355 g/mol. The number of benzene rings is 1. The lowest BCUT2D eigenvalue weighted by molar-refractivity contribution is -0.133. The molecule has 0 bridgehead atoms. The molecule has 0 aliphatic carbocycles. The molecule has 23 heavy (non-hydrogen) atoms. The minimum Gasteiger partial charge on any atom is -0.481 e. The molecule has 6 nitrogen and oxygen atoms in total. The Morgan fingerprint density at radius 1 is 1.39 bits per heavy atom. The molecule has 2 rings (SSSR count). The number of aromatic nitrogens is 1. The summed E-state index contributed by atoms with van der Waals surface area (Å²) in [4.78, 5) is 22.8. The molecule has 1 heterocycles. The van der Waals surface area contributed by atoms with Gasteiger partial charge in [-0.1, -0.05) is 35.0 Å². The Labute approximate surface area is 142 Å². The quantitative estimate of drug-likeness (QED) is 0.743. The van der Waals surface area contributed by atoms with Gasteiger partial charge < -0.3 is 14.9 Å². The number of carboxylic acids is 1. The average Bonchev–Trinajstić information content (AvgIpc) is 2.88. The molecule has 0 saturated heterocycles. The highest BCUT2D eigenvalue weighted by Gasteiger charge is 2.22. The van der Waals surface area contributed by atoms with E-state index >= 15 is 0 Å². The first kappa shape index (κ1) is 17.4. The number of thioether (sulfide) groups is 1. The molecule has 8 heteroatoms. The molecule has 0 aliphatic heterocycles. The van der Waals surface area contributed by atoms with Gasteiger partial charge in [0.05, 0.1) is 10.8 Å². The maximum absolute atomic E-state index is 12.3. The standard InChI is InChI=1S/C15H15ClN2O4S/c1-9-13(15(21)17-6-7-23-8-12(19)20)14(18-22-9)10-4-2-3-5-11(10)16/h2-5H,6-8H2,1H3,(H,17,21)(H,19,20). The second-order valence-corrected chi connectivity index (χ2v) is 6.16. The van der Waals surface area contributed by atoms with Gasteiger partial charge in [0.1, 0.15) is 17.0 Å². The lowest BCUT2D eigenvalue weighted by Crippen LogP contribution is -2.26. The molecule has 2 aromatic rings. The number of nitrogens with zero attached hydrogens (tertiary/aromatic N) is 1. The number of rotatable bonds is 7. The summed E-state index contributed by atoms with van der Waals surface area (Å²) >= 11 is 7.38. The van der Waals surface area contributed by atoms with Gasteiger partial charge in [-0.15, -0.1) is 11.8 Å². The zero-order valence-electron chi connectivity index (χ0n) is 12.3. The van der Waals surface area contributed by atoms with Gasteiger partial charge in [-0.25, -0.2) is 0 Å². The molecule has 122 valence electrons. The Hall–Kier alpha value is -1.99. The molecular formula is C15H15ClN2O4S. The largest absolute Gasteiger partial charge is 0.481 e. The van der Waals surface area contributed by atoms with Gasteiger partial charge in [0, 0.05) is 17.9 Å². The first-order valence-electron chi connectivity index (χ1n) is 6.79. The summed E-state index contributed by atoms with van der Waals surface area (Å²) in [6, 6.07) is 7.07. The third kappa shape index (κ3) is 4.49. The van der Waals surface area contributed by atoms with Crippen LogP contribution in [0.25, 0.3) is 11.3 Å². The summed E-state index contributed by atoms with van der Waals surface area (Å²) in [6.45, 7) is 2.00. The summed E-state index contributed by atoms with van der Waals surface area (Å²) in [5.74, 6) is -0.293. The number of nitrogens with one attached hydrogen (secondary N) is 1. The van der Waals surface area contributed by atoms with Gasteiger partial charge in [0.15, 0.2) is 0 Å². The Kier molecular flexibility index (Phi) is 6.06. The number of aryl methyl sites for hydroxylation is 1. The lowest BCUT2D eigenvalue weighted by Gasteiger charge is -2.06. The van der Waals surface area contributed by atoms with Crippen LogP contribution < -0.4 is 5.32 Å². The second kappa shape index (κ2) is 8.03. The van der Waals surface area contributed by atoms with Crippen molar-refractivity contribution in [1.82, 2.24) is 10.5 Å². The number of hydrogen-bond donors (Lipinski definition) is 2. The van der Waals surface area contributed by atoms with Gasteiger partial charge in [-0.3, -0.25) is 9.59 Å². The minimum atomic E-state index is -0.878. The third-order valence-electron chi connectivity index (χ3n) is 2.98. The molecule has 1 amide bonds. The van der Waals surface area contributed by atoms with Crippen molar-refractivity contribution in [2.45, 2.75) is 6.92 Å². The molecule has 1 aromatic heterocycles. The van der Waals surface area contributed by atoms with E-state index in [-0.39, 0.29) is 11.7 Å². The summed E-state index contributed by atoms with van der Waals surface area (Å²) in [6.07, 6.45) is 0. The van der Waals surface area contributed by atoms with Crippen LogP contribution >= 0.6 is 23.4 Å². The fourth-order valence-electron chi connectivity index (χ4n) is 1.96. The number of carbonyl (C=O) groups excluding carboxylic acids is 1. The summed E-state index contributed by atoms with van der Waals surface area (Å²) in [5, 5.41) is 15.7. The molecule has 0 unspecified atom stereocenters. The van der Waals surface area contributed by atoms with Gasteiger partial charge in [0.2, 0.25) is 0 Å². The van der Waals surface area contributed by atoms with Crippen molar-refractivity contribution in [2.75, 3.05) is 18.1 Å². The first-order valence-corrected chi connectivity index (χ1v) is 8.33. The predicted octanol–water partition coefficient (Wildman–Crippen LogP) is 2.85. The maximum Gasteiger partial charge on any atom is 0.313 e. The summed E-state index contributed by atoms with van der Waals surface area (Å²) in [7, 11) is 0. The molecular weight excluding hydrogens is 340 g/mol. The van der Waals surface area contributed by atoms with Crippen molar-refractivity contribution in [3.05, 3.63) is 40.6 Å². The molecule has 0 atom stereocenters. The van der Waals surface area contributed by atoms with Crippen LogP contribution in [0.2, 0.25) is 5.02 Å². The summed E-state index contributed by atoms with van der Waals surface area (Å²) in [5.41, 5.74) is 1.35. The molecule has 2 N–H and O–H groups in total. The number of carbonyl (C=O) groups is 2. The highest BCUT2D eigenvalue weighted by molar-refractivity contribution is 7.99. The van der Waals surface area contributed by atoms with E-state index in [2.05, 4.69) is 10.5 Å². The molecule has 0 radical (unpaired) electrons. The van der Waals surface area contributed by atoms with Crippen molar-refractivity contribution in [3.63, 3.8) is 0 Å². The molecule has 0 spiro atoms. The van der Waals surface area contributed by atoms with Gasteiger partial charge in [-0.05, 0) is 13.0 Å². The van der Waals surface area contributed by atoms with Crippen molar-refractivity contribution >= 4 is 35.2 Å². The number of aliphatic carboxylic acids is 1. The Morgan fingerprint density at radius 3 is 2.83 bits per heavy atom. The van der Waals surface area contributed by atoms with Gasteiger partial charge >= 0.3 is 5.97 Å². The smallest absolute Gasteiger partial charge is 0.313 e. The topological polar surface area (TPSA) is 92.4 Å².